The van der Waals surface area contributed by atoms with Crippen LogP contribution in [0.3, 0.4) is 0 Å². The second-order valence-electron chi connectivity index (χ2n) is 9.08. The van der Waals surface area contributed by atoms with E-state index in [4.69, 9.17) is 14.6 Å². The number of nitrogens with one attached hydrogen (secondary N) is 1. The number of thiazole rings is 1. The molecule has 188 valence electrons. The van der Waals surface area contributed by atoms with Crippen LogP contribution < -0.4 is 11.1 Å². The van der Waals surface area contributed by atoms with Gasteiger partial charge in [-0.1, -0.05) is 30.3 Å². The van der Waals surface area contributed by atoms with Gasteiger partial charge < -0.3 is 19.9 Å². The average molecular weight is 515 g/mol. The summed E-state index contributed by atoms with van der Waals surface area (Å²) in [6.07, 6.45) is 3.92. The van der Waals surface area contributed by atoms with Gasteiger partial charge in [-0.05, 0) is 49.6 Å². The summed E-state index contributed by atoms with van der Waals surface area (Å²) in [5, 5.41) is 14.2. The van der Waals surface area contributed by atoms with Crippen molar-refractivity contribution in [1.29, 1.82) is 0 Å². The summed E-state index contributed by atoms with van der Waals surface area (Å²) in [4.78, 5) is 21.6. The predicted molar refractivity (Wildman–Crippen MR) is 139 cm³/mol. The van der Waals surface area contributed by atoms with Crippen LogP contribution in [-0.2, 0) is 24.9 Å². The number of carbonyl (C=O) groups excluding carboxylic acids is 1. The Labute approximate surface area is 217 Å². The number of amides is 1. The number of benzene rings is 2. The van der Waals surface area contributed by atoms with Gasteiger partial charge in [0.2, 0.25) is 17.7 Å². The largest absolute Gasteiger partial charge is 0.445 e. The number of aromatic nitrogens is 4. The Morgan fingerprint density at radius 1 is 1.14 bits per heavy atom. The van der Waals surface area contributed by atoms with Crippen LogP contribution in [0.5, 0.6) is 0 Å². The zero-order valence-corrected chi connectivity index (χ0v) is 21.3. The quantitative estimate of drug-likeness (QED) is 0.295. The van der Waals surface area contributed by atoms with Crippen LogP contribution in [0.4, 0.5) is 0 Å². The normalized spacial score (nSPS) is 12.8. The Hall–Kier alpha value is -4.15. The number of nitrogens with two attached hydrogens (primary N) is 1. The van der Waals surface area contributed by atoms with Crippen LogP contribution in [0.15, 0.2) is 75.2 Å². The van der Waals surface area contributed by atoms with Crippen molar-refractivity contribution in [1.82, 2.24) is 25.5 Å². The van der Waals surface area contributed by atoms with Crippen molar-refractivity contribution in [3.05, 3.63) is 106 Å². The minimum atomic E-state index is -0.828. The third-order valence-electron chi connectivity index (χ3n) is 5.73. The molecule has 10 heteroatoms. The number of rotatable bonds is 9. The molecule has 9 nitrogen and oxygen atoms in total. The summed E-state index contributed by atoms with van der Waals surface area (Å²) >= 11 is 1.51. The van der Waals surface area contributed by atoms with Crippen molar-refractivity contribution >= 4 is 17.2 Å². The van der Waals surface area contributed by atoms with E-state index in [2.05, 4.69) is 25.5 Å². The number of hydrogen-bond acceptors (Lipinski definition) is 9. The highest BCUT2D eigenvalue weighted by Gasteiger charge is 2.28. The summed E-state index contributed by atoms with van der Waals surface area (Å²) in [7, 11) is 0. The maximum Gasteiger partial charge on any atom is 0.251 e. The summed E-state index contributed by atoms with van der Waals surface area (Å²) < 4.78 is 11.4. The molecule has 3 heterocycles. The summed E-state index contributed by atoms with van der Waals surface area (Å²) in [6, 6.07) is 15.4. The third kappa shape index (κ3) is 5.99. The van der Waals surface area contributed by atoms with Gasteiger partial charge in [-0.3, -0.25) is 4.79 Å². The molecule has 0 aliphatic carbocycles. The van der Waals surface area contributed by atoms with Gasteiger partial charge in [0.25, 0.3) is 5.91 Å². The van der Waals surface area contributed by atoms with E-state index in [0.29, 0.717) is 48.2 Å². The molecule has 5 rings (SSSR count). The number of oxazole rings is 1. The molecule has 0 saturated heterocycles. The lowest BCUT2D eigenvalue weighted by Gasteiger charge is -2.20. The van der Waals surface area contributed by atoms with Crippen molar-refractivity contribution in [2.75, 3.05) is 0 Å². The minimum Gasteiger partial charge on any atom is -0.445 e. The first kappa shape index (κ1) is 24.5. The Bertz CT molecular complexity index is 1490. The van der Waals surface area contributed by atoms with Gasteiger partial charge in [0, 0.05) is 22.2 Å². The molecule has 3 N–H and O–H groups in total. The van der Waals surface area contributed by atoms with Gasteiger partial charge in [0.05, 0.1) is 24.7 Å². The molecule has 5 aromatic rings. The summed E-state index contributed by atoms with van der Waals surface area (Å²) in [5.41, 5.74) is 9.65. The predicted octanol–water partition coefficient (Wildman–Crippen LogP) is 4.43. The molecule has 0 spiro atoms. The fraction of sp³-hybridized carbons (Fsp3) is 0.222. The zero-order chi connectivity index (χ0) is 25.8. The van der Waals surface area contributed by atoms with Crippen LogP contribution in [0, 0.1) is 6.92 Å². The van der Waals surface area contributed by atoms with Crippen LogP contribution >= 0.6 is 11.3 Å². The fourth-order valence-corrected chi connectivity index (χ4v) is 4.69. The highest BCUT2D eigenvalue weighted by molar-refractivity contribution is 7.09. The Kier molecular flexibility index (Phi) is 6.93. The van der Waals surface area contributed by atoms with E-state index in [1.54, 1.807) is 18.3 Å². The van der Waals surface area contributed by atoms with Gasteiger partial charge in [-0.25, -0.2) is 9.97 Å². The molecule has 0 fully saturated rings. The Balaban J connectivity index is 1.36. The maximum atomic E-state index is 13.0. The monoisotopic (exact) mass is 514 g/mol. The number of hydrogen-bond donors (Lipinski definition) is 2. The fourth-order valence-electron chi connectivity index (χ4n) is 3.98. The van der Waals surface area contributed by atoms with Crippen LogP contribution in [-0.4, -0.2) is 26.1 Å². The van der Waals surface area contributed by atoms with E-state index in [-0.39, 0.29) is 5.91 Å². The first-order chi connectivity index (χ1) is 17.9. The van der Waals surface area contributed by atoms with Crippen molar-refractivity contribution in [2.24, 2.45) is 5.73 Å². The second kappa shape index (κ2) is 10.5. The first-order valence-corrected chi connectivity index (χ1v) is 12.6. The van der Waals surface area contributed by atoms with Gasteiger partial charge in [-0.2, -0.15) is 0 Å². The summed E-state index contributed by atoms with van der Waals surface area (Å²) in [5.74, 6) is 0.932. The maximum absolute atomic E-state index is 13.0. The average Bonchev–Trinajstić information content (AvgIpc) is 3.65. The molecule has 3 aromatic heterocycles. The Morgan fingerprint density at radius 2 is 1.97 bits per heavy atom. The smallest absolute Gasteiger partial charge is 0.251 e. The molecule has 0 saturated carbocycles. The molecular formula is C27H26N6O3S. The van der Waals surface area contributed by atoms with Gasteiger partial charge in [-0.15, -0.1) is 21.5 Å². The lowest BCUT2D eigenvalue weighted by Crippen LogP contribution is -2.35. The van der Waals surface area contributed by atoms with Crippen molar-refractivity contribution in [3.63, 3.8) is 0 Å². The zero-order valence-electron chi connectivity index (χ0n) is 20.5. The van der Waals surface area contributed by atoms with Crippen LogP contribution in [0.2, 0.25) is 0 Å². The highest BCUT2D eigenvalue weighted by Crippen LogP contribution is 2.25. The Morgan fingerprint density at radius 3 is 2.70 bits per heavy atom. The van der Waals surface area contributed by atoms with E-state index >= 15 is 0 Å². The van der Waals surface area contributed by atoms with E-state index in [9.17, 15) is 4.79 Å². The van der Waals surface area contributed by atoms with Crippen molar-refractivity contribution < 1.29 is 13.6 Å². The van der Waals surface area contributed by atoms with E-state index < -0.39 is 5.54 Å². The molecule has 1 unspecified atom stereocenters. The second-order valence-corrected chi connectivity index (χ2v) is 10.0. The number of nitrogens with zero attached hydrogens (tertiary/aromatic N) is 4. The van der Waals surface area contributed by atoms with Gasteiger partial charge >= 0.3 is 0 Å². The van der Waals surface area contributed by atoms with Gasteiger partial charge in [0.1, 0.15) is 11.3 Å². The molecule has 1 atom stereocenters. The minimum absolute atomic E-state index is 0.230. The lowest BCUT2D eigenvalue weighted by atomic mass is 9.94. The van der Waals surface area contributed by atoms with Gasteiger partial charge in [0.15, 0.2) is 0 Å². The molecule has 1 amide bonds. The molecule has 0 aliphatic heterocycles. The molecule has 0 aliphatic rings. The van der Waals surface area contributed by atoms with Crippen molar-refractivity contribution in [3.8, 4) is 11.5 Å². The van der Waals surface area contributed by atoms with Crippen LogP contribution in [0.1, 0.15) is 50.9 Å². The van der Waals surface area contributed by atoms with Crippen LogP contribution in [0.25, 0.3) is 11.5 Å². The topological polar surface area (TPSA) is 133 Å². The third-order valence-corrected chi connectivity index (χ3v) is 6.69. The molecule has 37 heavy (non-hydrogen) atoms. The van der Waals surface area contributed by atoms with E-state index in [1.165, 1.54) is 17.6 Å². The molecular weight excluding hydrogens is 488 g/mol. The SMILES string of the molecule is Cc1csc(CNC(=O)c2cc(Cc3nnc(C(C)(N)Cc4ccccc4)o3)cc(-c3ncco3)c2)n1. The number of aryl methyl sites for hydroxylation is 1. The standard InChI is InChI=1S/C27H26N6O3S/c1-17-16-37-23(31-17)15-30-24(34)20-10-19(11-21(13-20)25-29-8-9-35-25)12-22-32-33-26(36-22)27(2,28)14-18-6-4-3-5-7-18/h3-11,13,16H,12,14-15,28H2,1-2H3,(H,30,34). The first-order valence-electron chi connectivity index (χ1n) is 11.7. The number of carbonyl (C=O) groups is 1. The van der Waals surface area contributed by atoms with E-state index in [0.717, 1.165) is 21.8 Å². The molecule has 0 radical (unpaired) electrons. The molecule has 2 aromatic carbocycles. The summed E-state index contributed by atoms with van der Waals surface area (Å²) in [6.45, 7) is 4.14. The highest BCUT2D eigenvalue weighted by atomic mass is 32.1. The lowest BCUT2D eigenvalue weighted by molar-refractivity contribution is 0.0950. The van der Waals surface area contributed by atoms with Crippen molar-refractivity contribution in [2.45, 2.75) is 38.8 Å². The molecule has 0 bridgehead atoms. The van der Waals surface area contributed by atoms with E-state index in [1.807, 2.05) is 55.6 Å².